The van der Waals surface area contributed by atoms with Crippen LogP contribution >= 0.6 is 11.8 Å². The van der Waals surface area contributed by atoms with Crippen LogP contribution in [-0.4, -0.2) is 49.1 Å². The number of methoxy groups -OCH3 is 1. The molecule has 1 heterocycles. The van der Waals surface area contributed by atoms with Crippen molar-refractivity contribution in [3.05, 3.63) is 76.5 Å². The molecule has 0 spiro atoms. The van der Waals surface area contributed by atoms with Crippen molar-refractivity contribution in [2.75, 3.05) is 31.4 Å². The lowest BCUT2D eigenvalue weighted by Gasteiger charge is -2.13. The summed E-state index contributed by atoms with van der Waals surface area (Å²) in [6.45, 7) is 6.06. The van der Waals surface area contributed by atoms with Crippen molar-refractivity contribution in [1.82, 2.24) is 10.4 Å². The van der Waals surface area contributed by atoms with E-state index in [9.17, 15) is 14.9 Å². The van der Waals surface area contributed by atoms with Crippen LogP contribution in [0.25, 0.3) is 0 Å². The zero-order chi connectivity index (χ0) is 28.9. The third kappa shape index (κ3) is 8.83. The largest absolute Gasteiger partial charge is 0.490 e. The first kappa shape index (κ1) is 30.1. The van der Waals surface area contributed by atoms with Gasteiger partial charge in [-0.1, -0.05) is 30.0 Å². The third-order valence-corrected chi connectivity index (χ3v) is 6.37. The smallest absolute Gasteiger partial charge is 0.262 e. The lowest BCUT2D eigenvalue weighted by Crippen LogP contribution is -2.21. The predicted molar refractivity (Wildman–Crippen MR) is 154 cm³/mol. The maximum atomic E-state index is 12.4. The molecule has 3 rings (SSSR count). The van der Waals surface area contributed by atoms with Crippen molar-refractivity contribution < 1.29 is 23.8 Å². The van der Waals surface area contributed by atoms with Crippen molar-refractivity contribution in [2.45, 2.75) is 32.4 Å². The van der Waals surface area contributed by atoms with Crippen molar-refractivity contribution in [3.63, 3.8) is 0 Å². The van der Waals surface area contributed by atoms with E-state index in [2.05, 4.69) is 26.9 Å². The van der Waals surface area contributed by atoms with Gasteiger partial charge in [-0.3, -0.25) is 9.59 Å². The molecule has 208 valence electrons. The van der Waals surface area contributed by atoms with E-state index in [1.54, 1.807) is 31.4 Å². The van der Waals surface area contributed by atoms with Crippen LogP contribution < -0.4 is 20.2 Å². The fraction of sp³-hybridized carbons (Fsp3) is 0.276. The number of benzene rings is 2. The van der Waals surface area contributed by atoms with Crippen molar-refractivity contribution in [2.24, 2.45) is 5.10 Å². The molecule has 11 heteroatoms. The molecular formula is C29H31N5O5S. The highest BCUT2D eigenvalue weighted by molar-refractivity contribution is 8.00. The van der Waals surface area contributed by atoms with Crippen LogP contribution in [0, 0.1) is 25.2 Å². The summed E-state index contributed by atoms with van der Waals surface area (Å²) in [6.07, 6.45) is 1.47. The van der Waals surface area contributed by atoms with E-state index in [1.807, 2.05) is 45.0 Å². The third-order valence-electron chi connectivity index (χ3n) is 5.40. The second kappa shape index (κ2) is 15.3. The molecule has 0 aliphatic heterocycles. The van der Waals surface area contributed by atoms with Crippen molar-refractivity contribution in [3.8, 4) is 17.6 Å². The summed E-state index contributed by atoms with van der Waals surface area (Å²) in [5.74, 6) is 0.229. The lowest BCUT2D eigenvalue weighted by molar-refractivity contribution is -0.119. The summed E-state index contributed by atoms with van der Waals surface area (Å²) in [6, 6.07) is 16.5. The Morgan fingerprint density at radius 1 is 1.10 bits per heavy atom. The Hall–Kier alpha value is -4.40. The van der Waals surface area contributed by atoms with Gasteiger partial charge in [0.2, 0.25) is 5.91 Å². The van der Waals surface area contributed by atoms with E-state index < -0.39 is 0 Å². The minimum absolute atomic E-state index is 0.0242. The minimum atomic E-state index is -0.355. The quantitative estimate of drug-likeness (QED) is 0.178. The van der Waals surface area contributed by atoms with E-state index in [1.165, 1.54) is 6.21 Å². The lowest BCUT2D eigenvalue weighted by atomic mass is 10.1. The van der Waals surface area contributed by atoms with Crippen molar-refractivity contribution in [1.29, 1.82) is 5.26 Å². The number of nitrogens with one attached hydrogen (secondary N) is 2. The summed E-state index contributed by atoms with van der Waals surface area (Å²) < 4.78 is 16.5. The van der Waals surface area contributed by atoms with E-state index in [-0.39, 0.29) is 30.8 Å². The maximum Gasteiger partial charge on any atom is 0.262 e. The monoisotopic (exact) mass is 561 g/mol. The van der Waals surface area contributed by atoms with Gasteiger partial charge in [0.25, 0.3) is 5.91 Å². The summed E-state index contributed by atoms with van der Waals surface area (Å²) in [7, 11) is 1.55. The minimum Gasteiger partial charge on any atom is -0.490 e. The van der Waals surface area contributed by atoms with Gasteiger partial charge in [-0.05, 0) is 67.8 Å². The Morgan fingerprint density at radius 2 is 1.90 bits per heavy atom. The van der Waals surface area contributed by atoms with Gasteiger partial charge < -0.3 is 19.5 Å². The Balaban J connectivity index is 1.57. The predicted octanol–water partition coefficient (Wildman–Crippen LogP) is 4.38. The van der Waals surface area contributed by atoms with Crippen LogP contribution in [0.15, 0.2) is 58.7 Å². The topological polar surface area (TPSA) is 135 Å². The highest BCUT2D eigenvalue weighted by atomic mass is 32.2. The van der Waals surface area contributed by atoms with Crippen LogP contribution in [0.3, 0.4) is 0 Å². The number of carbonyl (C=O) groups is 2. The van der Waals surface area contributed by atoms with E-state index in [0.29, 0.717) is 34.3 Å². The zero-order valence-corrected chi connectivity index (χ0v) is 23.6. The second-order valence-corrected chi connectivity index (χ2v) is 9.48. The number of ether oxygens (including phenoxy) is 3. The number of para-hydroxylation sites is 1. The number of nitrogens with zero attached hydrogens (tertiary/aromatic N) is 3. The molecule has 0 unspecified atom stereocenters. The standard InChI is InChI=1S/C29H31N5O5S/c1-5-38-26-13-21(10-11-25(26)39-17-27(35)33-24-9-7-6-8-19(24)2)15-31-34-28(36)18-40-29-23(14-30)22(16-37-4)12-20(3)32-29/h6-13,15H,5,16-18H2,1-4H3,(H,33,35)(H,34,36)/b31-15+. The van der Waals surface area contributed by atoms with Gasteiger partial charge in [0.15, 0.2) is 18.1 Å². The summed E-state index contributed by atoms with van der Waals surface area (Å²) in [5.41, 5.74) is 6.67. The number of aromatic nitrogens is 1. The normalized spacial score (nSPS) is 10.7. The Kier molecular flexibility index (Phi) is 11.5. The van der Waals surface area contributed by atoms with Gasteiger partial charge in [0, 0.05) is 18.5 Å². The number of carbonyl (C=O) groups excluding carboxylic acids is 2. The van der Waals surface area contributed by atoms with E-state index in [0.717, 1.165) is 34.3 Å². The number of pyridine rings is 1. The fourth-order valence-electron chi connectivity index (χ4n) is 3.58. The van der Waals surface area contributed by atoms with Crippen LogP contribution in [0.1, 0.15) is 34.9 Å². The van der Waals surface area contributed by atoms with Gasteiger partial charge in [-0.15, -0.1) is 0 Å². The first-order valence-electron chi connectivity index (χ1n) is 12.4. The highest BCUT2D eigenvalue weighted by Gasteiger charge is 2.14. The molecule has 3 aromatic rings. The molecule has 2 aromatic carbocycles. The number of nitriles is 1. The SMILES string of the molecule is CCOc1cc(/C=N/NC(=O)CSc2nc(C)cc(COC)c2C#N)ccc1OCC(=O)Nc1ccccc1C. The van der Waals surface area contributed by atoms with Gasteiger partial charge in [0.1, 0.15) is 11.1 Å². The number of aryl methyl sites for hydroxylation is 2. The number of thioether (sulfide) groups is 1. The molecule has 0 saturated heterocycles. The molecule has 0 aliphatic carbocycles. The summed E-state index contributed by atoms with van der Waals surface area (Å²) in [5, 5.41) is 16.9. The highest BCUT2D eigenvalue weighted by Crippen LogP contribution is 2.28. The van der Waals surface area contributed by atoms with E-state index in [4.69, 9.17) is 14.2 Å². The first-order valence-corrected chi connectivity index (χ1v) is 13.4. The summed E-state index contributed by atoms with van der Waals surface area (Å²) >= 11 is 1.16. The molecule has 0 aliphatic rings. The van der Waals surface area contributed by atoms with Gasteiger partial charge in [0.05, 0.1) is 30.7 Å². The number of hydrazone groups is 1. The Labute approximate surface area is 237 Å². The molecule has 0 radical (unpaired) electrons. The second-order valence-electron chi connectivity index (χ2n) is 8.52. The summed E-state index contributed by atoms with van der Waals surface area (Å²) in [4.78, 5) is 29.1. The molecule has 2 amide bonds. The number of hydrogen-bond donors (Lipinski definition) is 2. The Morgan fingerprint density at radius 3 is 2.62 bits per heavy atom. The van der Waals surface area contributed by atoms with Crippen LogP contribution in [0.4, 0.5) is 5.69 Å². The maximum absolute atomic E-state index is 12.4. The van der Waals surface area contributed by atoms with E-state index >= 15 is 0 Å². The molecule has 0 bridgehead atoms. The zero-order valence-electron chi connectivity index (χ0n) is 22.8. The Bertz CT molecular complexity index is 1420. The number of rotatable bonds is 13. The van der Waals surface area contributed by atoms with Crippen LogP contribution in [0.2, 0.25) is 0 Å². The van der Waals surface area contributed by atoms with Gasteiger partial charge in [-0.2, -0.15) is 10.4 Å². The molecule has 0 fully saturated rings. The molecule has 40 heavy (non-hydrogen) atoms. The molecule has 1 aromatic heterocycles. The molecular weight excluding hydrogens is 530 g/mol. The average molecular weight is 562 g/mol. The average Bonchev–Trinajstić information content (AvgIpc) is 2.93. The molecule has 2 N–H and O–H groups in total. The van der Waals surface area contributed by atoms with Crippen LogP contribution in [-0.2, 0) is 20.9 Å². The first-order chi connectivity index (χ1) is 19.3. The molecule has 10 nitrogen and oxygen atoms in total. The van der Waals surface area contributed by atoms with Gasteiger partial charge in [-0.25, -0.2) is 10.4 Å². The fourth-order valence-corrected chi connectivity index (χ4v) is 4.45. The van der Waals surface area contributed by atoms with Crippen LogP contribution in [0.5, 0.6) is 11.5 Å². The number of anilines is 1. The number of amides is 2. The molecule has 0 atom stereocenters. The molecule has 0 saturated carbocycles. The number of hydrogen-bond acceptors (Lipinski definition) is 9. The van der Waals surface area contributed by atoms with Crippen molar-refractivity contribution >= 4 is 35.5 Å². The van der Waals surface area contributed by atoms with Gasteiger partial charge >= 0.3 is 0 Å².